The van der Waals surface area contributed by atoms with E-state index in [1.165, 1.54) is 19.3 Å². The molecule has 1 saturated carbocycles. The van der Waals surface area contributed by atoms with Crippen molar-refractivity contribution in [3.63, 3.8) is 0 Å². The Morgan fingerprint density at radius 3 is 2.57 bits per heavy atom. The summed E-state index contributed by atoms with van der Waals surface area (Å²) in [5, 5.41) is 7.33. The molecule has 1 aliphatic carbocycles. The first kappa shape index (κ1) is 14.4. The van der Waals surface area contributed by atoms with Gasteiger partial charge in [-0.05, 0) is 32.6 Å². The standard InChI is InChI=1S/C16H26N4O/c1-11(2)14-16(7-5-8-16)10-19(14)15(21)17-13-6-9-20(18-13)12(3)4/h6,9,11-12,14H,5,7-8,10H2,1-4H3,(H,17,18,21). The molecule has 1 unspecified atom stereocenters. The van der Waals surface area contributed by atoms with Crippen molar-refractivity contribution in [1.29, 1.82) is 0 Å². The monoisotopic (exact) mass is 290 g/mol. The number of carbonyl (C=O) groups excluding carboxylic acids is 1. The van der Waals surface area contributed by atoms with E-state index in [0.717, 1.165) is 6.54 Å². The van der Waals surface area contributed by atoms with Gasteiger partial charge in [0.25, 0.3) is 0 Å². The van der Waals surface area contributed by atoms with Gasteiger partial charge in [0.1, 0.15) is 0 Å². The number of carbonyl (C=O) groups is 1. The molecule has 1 spiro atoms. The van der Waals surface area contributed by atoms with Gasteiger partial charge in [-0.2, -0.15) is 5.10 Å². The molecule has 1 aliphatic heterocycles. The van der Waals surface area contributed by atoms with E-state index in [0.29, 0.717) is 29.2 Å². The Balaban J connectivity index is 1.65. The van der Waals surface area contributed by atoms with Crippen LogP contribution >= 0.6 is 0 Å². The maximum atomic E-state index is 12.5. The number of hydrogen-bond donors (Lipinski definition) is 1. The number of hydrogen-bond acceptors (Lipinski definition) is 2. The van der Waals surface area contributed by atoms with E-state index in [1.807, 2.05) is 21.8 Å². The van der Waals surface area contributed by atoms with E-state index in [1.54, 1.807) is 0 Å². The first-order valence-electron chi connectivity index (χ1n) is 8.06. The van der Waals surface area contributed by atoms with Crippen LogP contribution in [0.25, 0.3) is 0 Å². The molecule has 2 aliphatic rings. The first-order valence-corrected chi connectivity index (χ1v) is 8.06. The van der Waals surface area contributed by atoms with Crippen LogP contribution in [-0.4, -0.2) is 33.3 Å². The Hall–Kier alpha value is -1.52. The lowest BCUT2D eigenvalue weighted by molar-refractivity contribution is -0.114. The molecular formula is C16H26N4O. The van der Waals surface area contributed by atoms with Gasteiger partial charge in [0.15, 0.2) is 5.82 Å². The molecule has 1 aromatic heterocycles. The Morgan fingerprint density at radius 1 is 1.38 bits per heavy atom. The Labute approximate surface area is 126 Å². The van der Waals surface area contributed by atoms with Gasteiger partial charge in [-0.15, -0.1) is 0 Å². The van der Waals surface area contributed by atoms with Crippen LogP contribution < -0.4 is 5.32 Å². The van der Waals surface area contributed by atoms with Crippen molar-refractivity contribution in [3.05, 3.63) is 12.3 Å². The third-order valence-corrected chi connectivity index (χ3v) is 5.06. The van der Waals surface area contributed by atoms with Gasteiger partial charge in [0.05, 0.1) is 0 Å². The van der Waals surface area contributed by atoms with Crippen LogP contribution in [0, 0.1) is 11.3 Å². The Bertz CT molecular complexity index is 530. The summed E-state index contributed by atoms with van der Waals surface area (Å²) in [6, 6.07) is 2.56. The van der Waals surface area contributed by atoms with Crippen molar-refractivity contribution < 1.29 is 4.79 Å². The van der Waals surface area contributed by atoms with Crippen molar-refractivity contribution in [3.8, 4) is 0 Å². The highest BCUT2D eigenvalue weighted by Crippen LogP contribution is 2.55. The average molecular weight is 290 g/mol. The minimum atomic E-state index is 0.000214. The summed E-state index contributed by atoms with van der Waals surface area (Å²) in [7, 11) is 0. The summed E-state index contributed by atoms with van der Waals surface area (Å²) in [5.41, 5.74) is 0.419. The topological polar surface area (TPSA) is 50.2 Å². The van der Waals surface area contributed by atoms with Gasteiger partial charge in [-0.3, -0.25) is 10.00 Å². The predicted molar refractivity (Wildman–Crippen MR) is 83.2 cm³/mol. The fourth-order valence-corrected chi connectivity index (χ4v) is 3.97. The van der Waals surface area contributed by atoms with E-state index >= 15 is 0 Å². The van der Waals surface area contributed by atoms with Crippen LogP contribution in [-0.2, 0) is 0 Å². The number of likely N-dealkylation sites (tertiary alicyclic amines) is 1. The summed E-state index contributed by atoms with van der Waals surface area (Å²) in [6.07, 6.45) is 5.78. The summed E-state index contributed by atoms with van der Waals surface area (Å²) in [4.78, 5) is 14.5. The summed E-state index contributed by atoms with van der Waals surface area (Å²) < 4.78 is 1.86. The van der Waals surface area contributed by atoms with E-state index in [9.17, 15) is 4.79 Å². The molecule has 5 nitrogen and oxygen atoms in total. The lowest BCUT2D eigenvalue weighted by Gasteiger charge is -2.63. The molecule has 21 heavy (non-hydrogen) atoms. The smallest absolute Gasteiger partial charge is 0.320 e. The molecule has 5 heteroatoms. The molecule has 0 bridgehead atoms. The normalized spacial score (nSPS) is 23.3. The highest BCUT2D eigenvalue weighted by molar-refractivity contribution is 5.89. The molecule has 1 saturated heterocycles. The molecule has 3 rings (SSSR count). The van der Waals surface area contributed by atoms with Crippen LogP contribution in [0.5, 0.6) is 0 Å². The van der Waals surface area contributed by atoms with Gasteiger partial charge in [0, 0.05) is 36.3 Å². The van der Waals surface area contributed by atoms with Crippen LogP contribution in [0.15, 0.2) is 12.3 Å². The lowest BCUT2D eigenvalue weighted by atomic mass is 9.55. The largest absolute Gasteiger partial charge is 0.323 e. The molecule has 1 atom stereocenters. The summed E-state index contributed by atoms with van der Waals surface area (Å²) in [6.45, 7) is 9.49. The summed E-state index contributed by atoms with van der Waals surface area (Å²) in [5.74, 6) is 1.16. The van der Waals surface area contributed by atoms with Gasteiger partial charge >= 0.3 is 6.03 Å². The SMILES string of the molecule is CC(C)C1N(C(=O)Nc2ccn(C(C)C)n2)CC12CCC2. The van der Waals surface area contributed by atoms with Gasteiger partial charge in [-0.25, -0.2) is 4.79 Å². The van der Waals surface area contributed by atoms with Gasteiger partial charge in [0.2, 0.25) is 0 Å². The number of amides is 2. The van der Waals surface area contributed by atoms with Crippen molar-refractivity contribution in [1.82, 2.24) is 14.7 Å². The molecular weight excluding hydrogens is 264 g/mol. The first-order chi connectivity index (χ1) is 9.93. The third kappa shape index (κ3) is 2.32. The van der Waals surface area contributed by atoms with Crippen molar-refractivity contribution in [2.45, 2.75) is 59.0 Å². The fourth-order valence-electron chi connectivity index (χ4n) is 3.97. The zero-order chi connectivity index (χ0) is 15.2. The highest BCUT2D eigenvalue weighted by Gasteiger charge is 2.58. The predicted octanol–water partition coefficient (Wildman–Crippen LogP) is 3.51. The number of aromatic nitrogens is 2. The van der Waals surface area contributed by atoms with Crippen LogP contribution in [0.4, 0.5) is 10.6 Å². The maximum Gasteiger partial charge on any atom is 0.323 e. The fraction of sp³-hybridized carbons (Fsp3) is 0.750. The van der Waals surface area contributed by atoms with E-state index < -0.39 is 0 Å². The minimum Gasteiger partial charge on any atom is -0.320 e. The average Bonchev–Trinajstić information content (AvgIpc) is 2.73. The van der Waals surface area contributed by atoms with Crippen molar-refractivity contribution in [2.24, 2.45) is 11.3 Å². The quantitative estimate of drug-likeness (QED) is 0.926. The zero-order valence-electron chi connectivity index (χ0n) is 13.5. The van der Waals surface area contributed by atoms with Crippen LogP contribution in [0.2, 0.25) is 0 Å². The number of nitrogens with zero attached hydrogens (tertiary/aromatic N) is 3. The molecule has 1 N–H and O–H groups in total. The molecule has 1 aromatic rings. The number of urea groups is 1. The minimum absolute atomic E-state index is 0.000214. The van der Waals surface area contributed by atoms with Crippen LogP contribution in [0.1, 0.15) is 53.0 Å². The molecule has 2 heterocycles. The maximum absolute atomic E-state index is 12.5. The lowest BCUT2D eigenvalue weighted by Crippen LogP contribution is -2.71. The number of anilines is 1. The van der Waals surface area contributed by atoms with Crippen LogP contribution in [0.3, 0.4) is 0 Å². The second-order valence-electron chi connectivity index (χ2n) is 7.24. The van der Waals surface area contributed by atoms with Crippen molar-refractivity contribution in [2.75, 3.05) is 11.9 Å². The Morgan fingerprint density at radius 2 is 2.10 bits per heavy atom. The highest BCUT2D eigenvalue weighted by atomic mass is 16.2. The van der Waals surface area contributed by atoms with E-state index in [-0.39, 0.29) is 6.03 Å². The van der Waals surface area contributed by atoms with Crippen molar-refractivity contribution >= 4 is 11.8 Å². The van der Waals surface area contributed by atoms with Gasteiger partial charge < -0.3 is 4.90 Å². The number of rotatable bonds is 3. The molecule has 2 amide bonds. The second-order valence-corrected chi connectivity index (χ2v) is 7.24. The molecule has 0 aromatic carbocycles. The van der Waals surface area contributed by atoms with E-state index in [2.05, 4.69) is 38.1 Å². The molecule has 2 fully saturated rings. The number of nitrogens with one attached hydrogen (secondary N) is 1. The zero-order valence-corrected chi connectivity index (χ0v) is 13.5. The molecule has 116 valence electrons. The van der Waals surface area contributed by atoms with Gasteiger partial charge in [-0.1, -0.05) is 20.3 Å². The second kappa shape index (κ2) is 5.04. The Kier molecular flexibility index (Phi) is 3.46. The summed E-state index contributed by atoms with van der Waals surface area (Å²) >= 11 is 0. The molecule has 0 radical (unpaired) electrons. The van der Waals surface area contributed by atoms with E-state index in [4.69, 9.17) is 0 Å². The third-order valence-electron chi connectivity index (χ3n) is 5.06.